The smallest absolute Gasteiger partial charge is 0.242 e. The van der Waals surface area contributed by atoms with Gasteiger partial charge in [-0.25, -0.2) is 13.1 Å². The Hall–Kier alpha value is -0.850. The number of hydrogen-bond donors (Lipinski definition) is 2. The third kappa shape index (κ3) is 4.63. The predicted molar refractivity (Wildman–Crippen MR) is 75.3 cm³/mol. The minimum absolute atomic E-state index is 0.112. The second-order valence-corrected chi connectivity index (χ2v) is 7.67. The van der Waals surface area contributed by atoms with E-state index in [1.807, 2.05) is 27.7 Å². The van der Waals surface area contributed by atoms with Gasteiger partial charge in [0.05, 0.1) is 11.5 Å². The number of aliphatic hydroxyl groups is 1. The van der Waals surface area contributed by atoms with E-state index in [1.165, 1.54) is 6.07 Å². The summed E-state index contributed by atoms with van der Waals surface area (Å²) < 4.78 is 28.7. The van der Waals surface area contributed by atoms with E-state index in [1.54, 1.807) is 10.8 Å². The number of sulfonamides is 1. The fourth-order valence-corrected chi connectivity index (χ4v) is 3.00. The minimum Gasteiger partial charge on any atom is -0.390 e. The number of aryl methyl sites for hydroxylation is 1. The first-order valence-electron chi connectivity index (χ1n) is 6.49. The van der Waals surface area contributed by atoms with Gasteiger partial charge in [0, 0.05) is 25.0 Å². The summed E-state index contributed by atoms with van der Waals surface area (Å²) in [5, 5.41) is 9.25. The Labute approximate surface area is 115 Å². The zero-order valence-electron chi connectivity index (χ0n) is 12.1. The van der Waals surface area contributed by atoms with E-state index in [-0.39, 0.29) is 16.9 Å². The van der Waals surface area contributed by atoms with Gasteiger partial charge in [-0.2, -0.15) is 0 Å². The number of hydrogen-bond acceptors (Lipinski definition) is 3. The number of nitrogens with one attached hydrogen (secondary N) is 1. The second-order valence-electron chi connectivity index (χ2n) is 5.90. The van der Waals surface area contributed by atoms with Gasteiger partial charge in [-0.15, -0.1) is 0 Å². The molecule has 1 aromatic rings. The molecule has 110 valence electrons. The molecule has 0 aliphatic carbocycles. The summed E-state index contributed by atoms with van der Waals surface area (Å²) in [5.41, 5.74) is 0.511. The van der Waals surface area contributed by atoms with Crippen molar-refractivity contribution in [3.63, 3.8) is 0 Å². The molecule has 0 unspecified atom stereocenters. The second kappa shape index (κ2) is 6.07. The van der Waals surface area contributed by atoms with Crippen molar-refractivity contribution in [2.45, 2.75) is 52.2 Å². The van der Waals surface area contributed by atoms with Crippen molar-refractivity contribution in [1.82, 2.24) is 9.29 Å². The highest BCUT2D eigenvalue weighted by molar-refractivity contribution is 7.89. The molecule has 0 saturated carbocycles. The predicted octanol–water partition coefficient (Wildman–Crippen LogP) is 1.71. The van der Waals surface area contributed by atoms with Gasteiger partial charge in [0.1, 0.15) is 0 Å². The zero-order valence-corrected chi connectivity index (χ0v) is 12.9. The molecule has 0 radical (unpaired) electrons. The normalized spacial score (nSPS) is 12.9. The van der Waals surface area contributed by atoms with Crippen molar-refractivity contribution in [2.75, 3.05) is 6.54 Å². The third-order valence-corrected chi connectivity index (χ3v) is 4.06. The lowest BCUT2D eigenvalue weighted by Crippen LogP contribution is -2.32. The molecule has 19 heavy (non-hydrogen) atoms. The maximum absolute atomic E-state index is 12.2. The van der Waals surface area contributed by atoms with Gasteiger partial charge in [0.2, 0.25) is 10.0 Å². The molecule has 0 fully saturated rings. The van der Waals surface area contributed by atoms with E-state index in [0.29, 0.717) is 18.8 Å². The van der Waals surface area contributed by atoms with Crippen LogP contribution in [0, 0.1) is 5.41 Å². The van der Waals surface area contributed by atoms with Crippen LogP contribution in [0.25, 0.3) is 0 Å². The van der Waals surface area contributed by atoms with Crippen molar-refractivity contribution in [3.8, 4) is 0 Å². The van der Waals surface area contributed by atoms with Gasteiger partial charge >= 0.3 is 0 Å². The van der Waals surface area contributed by atoms with Crippen LogP contribution in [0.4, 0.5) is 0 Å². The van der Waals surface area contributed by atoms with Gasteiger partial charge < -0.3 is 9.67 Å². The van der Waals surface area contributed by atoms with E-state index in [0.717, 1.165) is 6.42 Å². The monoisotopic (exact) mass is 288 g/mol. The average molecular weight is 288 g/mol. The van der Waals surface area contributed by atoms with Gasteiger partial charge in [-0.05, 0) is 17.9 Å². The molecule has 0 aliphatic rings. The summed E-state index contributed by atoms with van der Waals surface area (Å²) in [4.78, 5) is 0.217. The van der Waals surface area contributed by atoms with E-state index in [4.69, 9.17) is 0 Å². The SMILES string of the molecule is CCCn1cc(S(=O)(=O)NCC(C)(C)C)cc1CO. The lowest BCUT2D eigenvalue weighted by atomic mass is 9.98. The average Bonchev–Trinajstić information content (AvgIpc) is 2.70. The van der Waals surface area contributed by atoms with Crippen molar-refractivity contribution < 1.29 is 13.5 Å². The fraction of sp³-hybridized carbons (Fsp3) is 0.692. The summed E-state index contributed by atoms with van der Waals surface area (Å²) in [5.74, 6) is 0. The van der Waals surface area contributed by atoms with Crippen molar-refractivity contribution in [1.29, 1.82) is 0 Å². The minimum atomic E-state index is -3.51. The first-order chi connectivity index (χ1) is 8.69. The van der Waals surface area contributed by atoms with Crippen LogP contribution in [0.1, 0.15) is 39.8 Å². The molecule has 1 rings (SSSR count). The first kappa shape index (κ1) is 16.2. The molecular formula is C13H24N2O3S. The zero-order chi connectivity index (χ0) is 14.7. The summed E-state index contributed by atoms with van der Waals surface area (Å²) >= 11 is 0. The van der Waals surface area contributed by atoms with Crippen LogP contribution >= 0.6 is 0 Å². The molecule has 5 nitrogen and oxygen atoms in total. The molecule has 1 heterocycles. The van der Waals surface area contributed by atoms with Crippen LogP contribution in [0.5, 0.6) is 0 Å². The standard InChI is InChI=1S/C13H24N2O3S/c1-5-6-15-8-12(7-11(15)9-16)19(17,18)14-10-13(2,3)4/h7-8,14,16H,5-6,9-10H2,1-4H3. The Morgan fingerprint density at radius 1 is 1.37 bits per heavy atom. The summed E-state index contributed by atoms with van der Waals surface area (Å²) in [6, 6.07) is 1.53. The molecule has 1 aromatic heterocycles. The van der Waals surface area contributed by atoms with Crippen LogP contribution in [0.2, 0.25) is 0 Å². The molecular weight excluding hydrogens is 264 g/mol. The summed E-state index contributed by atoms with van der Waals surface area (Å²) in [6.07, 6.45) is 2.47. The molecule has 0 spiro atoms. The van der Waals surface area contributed by atoms with Crippen LogP contribution in [0.15, 0.2) is 17.2 Å². The highest BCUT2D eigenvalue weighted by Crippen LogP contribution is 2.17. The summed E-state index contributed by atoms with van der Waals surface area (Å²) in [7, 11) is -3.51. The summed E-state index contributed by atoms with van der Waals surface area (Å²) in [6.45, 7) is 8.83. The lowest BCUT2D eigenvalue weighted by Gasteiger charge is -2.18. The maximum Gasteiger partial charge on any atom is 0.242 e. The van der Waals surface area contributed by atoms with Crippen molar-refractivity contribution >= 4 is 10.0 Å². The van der Waals surface area contributed by atoms with Gasteiger partial charge in [-0.3, -0.25) is 0 Å². The lowest BCUT2D eigenvalue weighted by molar-refractivity contribution is 0.270. The van der Waals surface area contributed by atoms with E-state index >= 15 is 0 Å². The number of rotatable bonds is 6. The Balaban J connectivity index is 2.95. The number of aromatic nitrogens is 1. The molecule has 0 saturated heterocycles. The molecule has 0 amide bonds. The van der Waals surface area contributed by atoms with Crippen LogP contribution in [0.3, 0.4) is 0 Å². The Kier molecular flexibility index (Phi) is 5.18. The highest BCUT2D eigenvalue weighted by Gasteiger charge is 2.20. The fourth-order valence-electron chi connectivity index (χ4n) is 1.65. The van der Waals surface area contributed by atoms with Crippen LogP contribution in [-0.2, 0) is 23.2 Å². The molecule has 6 heteroatoms. The van der Waals surface area contributed by atoms with Crippen molar-refractivity contribution in [3.05, 3.63) is 18.0 Å². The molecule has 0 aliphatic heterocycles. The molecule has 0 bridgehead atoms. The van der Waals surface area contributed by atoms with Crippen LogP contribution in [-0.4, -0.2) is 24.6 Å². The highest BCUT2D eigenvalue weighted by atomic mass is 32.2. The third-order valence-electron chi connectivity index (χ3n) is 2.69. The van der Waals surface area contributed by atoms with Gasteiger partial charge in [-0.1, -0.05) is 27.7 Å². The van der Waals surface area contributed by atoms with Gasteiger partial charge in [0.15, 0.2) is 0 Å². The Bertz CT molecular complexity index is 512. The van der Waals surface area contributed by atoms with Crippen molar-refractivity contribution in [2.24, 2.45) is 5.41 Å². The van der Waals surface area contributed by atoms with E-state index < -0.39 is 10.0 Å². The first-order valence-corrected chi connectivity index (χ1v) is 7.97. The quantitative estimate of drug-likeness (QED) is 0.837. The number of nitrogens with zero attached hydrogens (tertiary/aromatic N) is 1. The molecule has 0 atom stereocenters. The van der Waals surface area contributed by atoms with E-state index in [2.05, 4.69) is 4.72 Å². The molecule has 0 aromatic carbocycles. The number of aliphatic hydroxyl groups excluding tert-OH is 1. The van der Waals surface area contributed by atoms with Gasteiger partial charge in [0.25, 0.3) is 0 Å². The largest absolute Gasteiger partial charge is 0.390 e. The van der Waals surface area contributed by atoms with E-state index in [9.17, 15) is 13.5 Å². The topological polar surface area (TPSA) is 71.3 Å². The maximum atomic E-state index is 12.2. The van der Waals surface area contributed by atoms with Crippen LogP contribution < -0.4 is 4.72 Å². The molecule has 2 N–H and O–H groups in total. The Morgan fingerprint density at radius 3 is 2.47 bits per heavy atom. The Morgan fingerprint density at radius 2 is 2.00 bits per heavy atom.